The first-order chi connectivity index (χ1) is 26.1. The molecule has 0 N–H and O–H groups in total. The zero-order valence-electron chi connectivity index (χ0n) is 29.7. The van der Waals surface area contributed by atoms with Gasteiger partial charge in [0.25, 0.3) is 5.89 Å². The topological polar surface area (TPSA) is 114 Å². The summed E-state index contributed by atoms with van der Waals surface area (Å²) in [5.74, 6) is -0.451. The predicted molar refractivity (Wildman–Crippen MR) is 197 cm³/mol. The normalized spacial score (nSPS) is 23.8. The maximum Gasteiger partial charge on any atom is 0.319 e. The molecule has 4 aliphatic rings. The summed E-state index contributed by atoms with van der Waals surface area (Å²) in [4.78, 5) is 37.1. The molecule has 1 amide bonds. The summed E-state index contributed by atoms with van der Waals surface area (Å²) in [6.07, 6.45) is 7.55. The van der Waals surface area contributed by atoms with Crippen LogP contribution in [0.1, 0.15) is 56.7 Å². The minimum atomic E-state index is -1.56. The molecule has 54 heavy (non-hydrogen) atoms. The van der Waals surface area contributed by atoms with Crippen LogP contribution in [0.15, 0.2) is 53.2 Å². The summed E-state index contributed by atoms with van der Waals surface area (Å²) in [6, 6.07) is 10.8. The van der Waals surface area contributed by atoms with E-state index in [1.807, 2.05) is 36.2 Å². The van der Waals surface area contributed by atoms with E-state index in [9.17, 15) is 13.6 Å². The van der Waals surface area contributed by atoms with Crippen LogP contribution >= 0.6 is 11.6 Å². The Morgan fingerprint density at radius 3 is 2.76 bits per heavy atom. The number of carbonyl (C=O) groups is 1. The molecule has 0 bridgehead atoms. The number of aromatic nitrogens is 5. The Kier molecular flexibility index (Phi) is 8.72. The van der Waals surface area contributed by atoms with E-state index in [1.54, 1.807) is 23.2 Å². The van der Waals surface area contributed by atoms with Gasteiger partial charge in [0.05, 0.1) is 10.9 Å². The molecule has 15 heteroatoms. The van der Waals surface area contributed by atoms with Gasteiger partial charge in [0.2, 0.25) is 11.7 Å². The van der Waals surface area contributed by atoms with E-state index in [0.717, 1.165) is 31.2 Å². The van der Waals surface area contributed by atoms with Crippen LogP contribution in [0.2, 0.25) is 5.02 Å². The lowest BCUT2D eigenvalue weighted by Gasteiger charge is -2.31. The quantitative estimate of drug-likeness (QED) is 0.145. The molecule has 4 fully saturated rings. The minimum Gasteiger partial charge on any atom is -0.461 e. The van der Waals surface area contributed by atoms with E-state index in [4.69, 9.17) is 25.8 Å². The lowest BCUT2D eigenvalue weighted by atomic mass is 9.81. The summed E-state index contributed by atoms with van der Waals surface area (Å²) < 4.78 is 57.6. The second kappa shape index (κ2) is 13.5. The van der Waals surface area contributed by atoms with Crippen LogP contribution in [0.25, 0.3) is 39.0 Å². The van der Waals surface area contributed by atoms with Gasteiger partial charge in [-0.1, -0.05) is 47.1 Å². The van der Waals surface area contributed by atoms with Gasteiger partial charge in [-0.3, -0.25) is 14.7 Å². The highest BCUT2D eigenvalue weighted by molar-refractivity contribution is 6.36. The molecule has 0 radical (unpaired) electrons. The average Bonchev–Trinajstić information content (AvgIpc) is 3.97. The van der Waals surface area contributed by atoms with Gasteiger partial charge in [0, 0.05) is 73.5 Å². The van der Waals surface area contributed by atoms with Crippen LogP contribution in [0, 0.1) is 5.82 Å². The zero-order chi connectivity index (χ0) is 37.2. The Bertz CT molecular complexity index is 2300. The fourth-order valence-corrected chi connectivity index (χ4v) is 8.84. The van der Waals surface area contributed by atoms with E-state index in [1.165, 1.54) is 12.2 Å². The summed E-state index contributed by atoms with van der Waals surface area (Å²) in [7, 11) is 1.84. The number of likely N-dealkylation sites (tertiary alicyclic amines) is 1. The van der Waals surface area contributed by atoms with Gasteiger partial charge in [0.1, 0.15) is 29.8 Å². The Morgan fingerprint density at radius 2 is 1.94 bits per heavy atom. The monoisotopic (exact) mass is 758 g/mol. The molecule has 9 rings (SSSR count). The fourth-order valence-electron chi connectivity index (χ4n) is 8.56. The molecule has 0 unspecified atom stereocenters. The number of rotatable bonds is 9. The fraction of sp³-hybridized carbons (Fsp3) is 0.436. The Labute approximate surface area is 314 Å². The average molecular weight is 759 g/mol. The highest BCUT2D eigenvalue weighted by Crippen LogP contribution is 2.44. The molecule has 1 saturated carbocycles. The summed E-state index contributed by atoms with van der Waals surface area (Å²) >= 11 is 6.63. The lowest BCUT2D eigenvalue weighted by Crippen LogP contribution is -2.43. The molecule has 3 atom stereocenters. The zero-order valence-corrected chi connectivity index (χ0v) is 30.4. The molecular formula is C39H38ClF3N8O3. The summed E-state index contributed by atoms with van der Waals surface area (Å²) in [5, 5.41) is 6.12. The summed E-state index contributed by atoms with van der Waals surface area (Å²) in [6.45, 7) is 2.14. The molecule has 280 valence electrons. The van der Waals surface area contributed by atoms with Gasteiger partial charge in [-0.2, -0.15) is 15.0 Å². The number of nitrogens with zero attached hydrogens (tertiary/aromatic N) is 8. The first-order valence-corrected chi connectivity index (χ1v) is 18.8. The molecule has 6 heterocycles. The van der Waals surface area contributed by atoms with Crippen molar-refractivity contribution in [3.8, 4) is 17.3 Å². The van der Waals surface area contributed by atoms with Crippen LogP contribution in [0.5, 0.6) is 6.01 Å². The number of amides is 1. The van der Waals surface area contributed by atoms with Gasteiger partial charge in [-0.15, -0.1) is 0 Å². The molecule has 5 aromatic rings. The lowest BCUT2D eigenvalue weighted by molar-refractivity contribution is -0.124. The van der Waals surface area contributed by atoms with Crippen molar-refractivity contribution >= 4 is 51.1 Å². The van der Waals surface area contributed by atoms with Gasteiger partial charge < -0.3 is 19.1 Å². The number of ether oxygens (including phenoxy) is 1. The number of alkyl halides is 2. The third-order valence-corrected chi connectivity index (χ3v) is 12.0. The van der Waals surface area contributed by atoms with Crippen molar-refractivity contribution in [2.75, 3.05) is 44.7 Å². The standard InChI is InChI=1S/C39H38ClF3N8O3/c1-49(25-12-17-50(21-25)30(52)11-10-29-45-36(48-54-29)39(43)14-4-15-39)35-27-19-44-33(26-8-2-6-23-7-3-9-28(40)31(23)26)32(42)34(27)46-37(47-35)53-22-38-13-5-16-51(38)20-24(41)18-38/h2-3,6-11,19,24-25H,4-5,12-18,20-22H2,1H3/t24-,25-,38+/m1/s1. The third-order valence-electron chi connectivity index (χ3n) is 11.7. The second-order valence-electron chi connectivity index (χ2n) is 15.0. The van der Waals surface area contributed by atoms with Crippen LogP contribution < -0.4 is 9.64 Å². The van der Waals surface area contributed by atoms with E-state index in [2.05, 4.69) is 25.0 Å². The molecular weight excluding hydrogens is 721 g/mol. The second-order valence-corrected chi connectivity index (χ2v) is 15.4. The first kappa shape index (κ1) is 34.9. The minimum absolute atomic E-state index is 0.0122. The first-order valence-electron chi connectivity index (χ1n) is 18.4. The van der Waals surface area contributed by atoms with Crippen molar-refractivity contribution < 1.29 is 27.2 Å². The van der Waals surface area contributed by atoms with Crippen LogP contribution in [-0.2, 0) is 10.5 Å². The number of pyridine rings is 1. The van der Waals surface area contributed by atoms with Crippen molar-refractivity contribution in [2.24, 2.45) is 0 Å². The van der Waals surface area contributed by atoms with Crippen LogP contribution in [-0.4, -0.2) is 98.4 Å². The van der Waals surface area contributed by atoms with Crippen molar-refractivity contribution in [2.45, 2.75) is 68.4 Å². The Morgan fingerprint density at radius 1 is 1.11 bits per heavy atom. The molecule has 1 aliphatic carbocycles. The summed E-state index contributed by atoms with van der Waals surface area (Å²) in [5.41, 5.74) is -1.38. The molecule has 3 aliphatic heterocycles. The molecule has 2 aromatic carbocycles. The van der Waals surface area contributed by atoms with Gasteiger partial charge in [0.15, 0.2) is 11.5 Å². The van der Waals surface area contributed by atoms with E-state index in [-0.39, 0.29) is 47.5 Å². The Hall–Kier alpha value is -4.82. The SMILES string of the molecule is CN(c1nc(OC[C@@]23CCCN2C[C@H](F)C3)nc2c(F)c(-c3cccc4cccc(Cl)c34)ncc12)[C@@H]1CCN(C(=O)C=Cc2nc(C3(F)CCC3)no2)C1. The van der Waals surface area contributed by atoms with Gasteiger partial charge in [-0.25, -0.2) is 13.2 Å². The van der Waals surface area contributed by atoms with Gasteiger partial charge >= 0.3 is 6.01 Å². The highest BCUT2D eigenvalue weighted by atomic mass is 35.5. The van der Waals surface area contributed by atoms with Crippen LogP contribution in [0.4, 0.5) is 19.0 Å². The molecule has 11 nitrogen and oxygen atoms in total. The number of fused-ring (bicyclic) bond motifs is 3. The maximum atomic E-state index is 16.9. The van der Waals surface area contributed by atoms with E-state index in [0.29, 0.717) is 72.5 Å². The van der Waals surface area contributed by atoms with Crippen molar-refractivity contribution in [1.29, 1.82) is 0 Å². The predicted octanol–water partition coefficient (Wildman–Crippen LogP) is 7.07. The number of benzene rings is 2. The maximum absolute atomic E-state index is 16.9. The van der Waals surface area contributed by atoms with Crippen molar-refractivity contribution in [3.63, 3.8) is 0 Å². The largest absolute Gasteiger partial charge is 0.461 e. The number of carbonyl (C=O) groups excluding carboxylic acids is 1. The number of anilines is 1. The molecule has 3 saturated heterocycles. The Balaban J connectivity index is 1.02. The van der Waals surface area contributed by atoms with Crippen LogP contribution in [0.3, 0.4) is 0 Å². The number of halogens is 4. The van der Waals surface area contributed by atoms with Crippen molar-refractivity contribution in [3.05, 3.63) is 71.2 Å². The number of likely N-dealkylation sites (N-methyl/N-ethyl adjacent to an activating group) is 1. The number of hydrogen-bond acceptors (Lipinski definition) is 10. The molecule has 0 spiro atoms. The highest BCUT2D eigenvalue weighted by Gasteiger charge is 2.49. The van der Waals surface area contributed by atoms with E-state index >= 15 is 4.39 Å². The van der Waals surface area contributed by atoms with Crippen molar-refractivity contribution in [1.82, 2.24) is 34.9 Å². The third kappa shape index (κ3) is 6.03. The smallest absolute Gasteiger partial charge is 0.319 e. The van der Waals surface area contributed by atoms with Gasteiger partial charge in [-0.05, 0) is 56.5 Å². The number of hydrogen-bond donors (Lipinski definition) is 0. The van der Waals surface area contributed by atoms with E-state index < -0.39 is 23.2 Å². The molecule has 3 aromatic heterocycles.